The molecule has 5 nitrogen and oxygen atoms in total. The Kier molecular flexibility index (Phi) is 6.93. The molecule has 0 N–H and O–H groups in total. The molecule has 27 heavy (non-hydrogen) atoms. The van der Waals surface area contributed by atoms with Gasteiger partial charge in [0.25, 0.3) is 0 Å². The van der Waals surface area contributed by atoms with Crippen LogP contribution >= 0.6 is 23.2 Å². The summed E-state index contributed by atoms with van der Waals surface area (Å²) in [5.74, 6) is 1.29. The number of hydrogen-bond acceptors (Lipinski definition) is 4. The molecule has 2 aliphatic rings. The van der Waals surface area contributed by atoms with Crippen LogP contribution in [0.1, 0.15) is 46.0 Å². The van der Waals surface area contributed by atoms with E-state index in [1.165, 1.54) is 0 Å². The molecule has 152 valence electrons. The molecular weight excluding hydrogens is 405 g/mol. The molecule has 2 fully saturated rings. The fraction of sp³-hybridized carbons (Fsp3) is 0.737. The third kappa shape index (κ3) is 4.72. The molecule has 0 unspecified atom stereocenters. The Morgan fingerprint density at radius 2 is 1.63 bits per heavy atom. The number of rotatable bonds is 4. The monoisotopic (exact) mass is 433 g/mol. The third-order valence-corrected chi connectivity index (χ3v) is 8.99. The van der Waals surface area contributed by atoms with Gasteiger partial charge in [0.2, 0.25) is 10.0 Å². The number of sulfonamides is 1. The van der Waals surface area contributed by atoms with Crippen molar-refractivity contribution in [1.29, 1.82) is 0 Å². The summed E-state index contributed by atoms with van der Waals surface area (Å²) in [5, 5.41) is 0.781. The summed E-state index contributed by atoms with van der Waals surface area (Å²) in [6.45, 7) is 6.82. The highest BCUT2D eigenvalue weighted by Crippen LogP contribution is 2.36. The summed E-state index contributed by atoms with van der Waals surface area (Å²) in [6, 6.07) is 0. The summed E-state index contributed by atoms with van der Waals surface area (Å²) < 4.78 is 28.1. The topological polar surface area (TPSA) is 53.5 Å². The lowest BCUT2D eigenvalue weighted by molar-refractivity contribution is 0.274. The van der Waals surface area contributed by atoms with Crippen molar-refractivity contribution >= 4 is 38.9 Å². The number of aromatic nitrogens is 1. The molecule has 0 atom stereocenters. The van der Waals surface area contributed by atoms with Gasteiger partial charge < -0.3 is 4.90 Å². The maximum absolute atomic E-state index is 13.2. The molecule has 1 aliphatic carbocycles. The lowest BCUT2D eigenvalue weighted by Crippen LogP contribution is -2.42. The van der Waals surface area contributed by atoms with E-state index in [0.29, 0.717) is 41.5 Å². The third-order valence-electron chi connectivity index (χ3n) is 6.04. The molecule has 3 rings (SSSR count). The van der Waals surface area contributed by atoms with E-state index in [2.05, 4.69) is 23.7 Å². The maximum atomic E-state index is 13.2. The number of anilines is 1. The van der Waals surface area contributed by atoms with Crippen molar-refractivity contribution in [3.05, 3.63) is 22.4 Å². The standard InChI is InChI=1S/C19H29Cl2N3O2S/c1-14(2)15-4-6-16(7-5-15)27(25,26)24-9-3-8-23(10-11-24)19-17(20)12-22-13-18(19)21/h12-16H,3-11H2,1-2H3. The van der Waals surface area contributed by atoms with Gasteiger partial charge >= 0.3 is 0 Å². The van der Waals surface area contributed by atoms with Crippen molar-refractivity contribution in [2.24, 2.45) is 11.8 Å². The number of halogens is 2. The first-order chi connectivity index (χ1) is 12.8. The van der Waals surface area contributed by atoms with Crippen molar-refractivity contribution in [3.8, 4) is 0 Å². The molecule has 0 amide bonds. The second-order valence-corrected chi connectivity index (χ2v) is 11.0. The molecule has 0 spiro atoms. The fourth-order valence-corrected chi connectivity index (χ4v) is 6.96. The van der Waals surface area contributed by atoms with Crippen molar-refractivity contribution in [1.82, 2.24) is 9.29 Å². The van der Waals surface area contributed by atoms with Crippen LogP contribution in [0.4, 0.5) is 5.69 Å². The Balaban J connectivity index is 1.67. The predicted octanol–water partition coefficient (Wildman–Crippen LogP) is 4.45. The van der Waals surface area contributed by atoms with Crippen LogP contribution in [0.5, 0.6) is 0 Å². The van der Waals surface area contributed by atoms with Crippen LogP contribution in [-0.4, -0.2) is 49.1 Å². The van der Waals surface area contributed by atoms with Crippen LogP contribution in [0, 0.1) is 11.8 Å². The molecule has 1 saturated heterocycles. The van der Waals surface area contributed by atoms with Gasteiger partial charge in [-0.25, -0.2) is 8.42 Å². The highest BCUT2D eigenvalue weighted by molar-refractivity contribution is 7.89. The first-order valence-electron chi connectivity index (χ1n) is 9.83. The predicted molar refractivity (Wildman–Crippen MR) is 112 cm³/mol. The van der Waals surface area contributed by atoms with E-state index in [9.17, 15) is 8.42 Å². The largest absolute Gasteiger partial charge is 0.368 e. The second-order valence-electron chi connectivity index (χ2n) is 8.02. The van der Waals surface area contributed by atoms with Crippen molar-refractivity contribution < 1.29 is 8.42 Å². The SMILES string of the molecule is CC(C)C1CCC(S(=O)(=O)N2CCCN(c3c(Cl)cncc3Cl)CC2)CC1. The summed E-state index contributed by atoms with van der Waals surface area (Å²) in [5.41, 5.74) is 0.755. The van der Waals surface area contributed by atoms with E-state index in [0.717, 1.165) is 44.3 Å². The lowest BCUT2D eigenvalue weighted by atomic mass is 9.81. The normalized spacial score (nSPS) is 25.6. The Bertz CT molecular complexity index is 729. The van der Waals surface area contributed by atoms with Gasteiger partial charge in [0.1, 0.15) is 0 Å². The molecule has 1 aromatic heterocycles. The average molecular weight is 434 g/mol. The van der Waals surface area contributed by atoms with Crippen molar-refractivity contribution in [2.75, 3.05) is 31.1 Å². The lowest BCUT2D eigenvalue weighted by Gasteiger charge is -2.33. The van der Waals surface area contributed by atoms with Gasteiger partial charge in [-0.15, -0.1) is 0 Å². The molecule has 1 saturated carbocycles. The summed E-state index contributed by atoms with van der Waals surface area (Å²) in [7, 11) is -3.26. The summed E-state index contributed by atoms with van der Waals surface area (Å²) in [4.78, 5) is 6.08. The van der Waals surface area contributed by atoms with Crippen LogP contribution in [0.2, 0.25) is 10.0 Å². The smallest absolute Gasteiger partial charge is 0.217 e. The van der Waals surface area contributed by atoms with Crippen LogP contribution in [-0.2, 0) is 10.0 Å². The van der Waals surface area contributed by atoms with Crippen LogP contribution in [0.15, 0.2) is 12.4 Å². The Hall–Kier alpha value is -0.560. The fourth-order valence-electron chi connectivity index (χ4n) is 4.34. The Labute approximate surface area is 173 Å². The summed E-state index contributed by atoms with van der Waals surface area (Å²) >= 11 is 12.6. The van der Waals surface area contributed by atoms with Gasteiger partial charge in [-0.1, -0.05) is 37.0 Å². The zero-order valence-corrected chi connectivity index (χ0v) is 18.4. The van der Waals surface area contributed by atoms with Gasteiger partial charge in [0, 0.05) is 38.6 Å². The van der Waals surface area contributed by atoms with Gasteiger partial charge in [0.15, 0.2) is 0 Å². The number of hydrogen-bond donors (Lipinski definition) is 0. The second kappa shape index (κ2) is 8.85. The highest BCUT2D eigenvalue weighted by atomic mass is 35.5. The minimum Gasteiger partial charge on any atom is -0.368 e. The van der Waals surface area contributed by atoms with Gasteiger partial charge in [0.05, 0.1) is 21.0 Å². The number of pyridine rings is 1. The highest BCUT2D eigenvalue weighted by Gasteiger charge is 2.36. The van der Waals surface area contributed by atoms with Crippen LogP contribution in [0.25, 0.3) is 0 Å². The zero-order valence-electron chi connectivity index (χ0n) is 16.1. The minimum absolute atomic E-state index is 0.229. The van der Waals surface area contributed by atoms with Gasteiger partial charge in [-0.05, 0) is 43.9 Å². The molecule has 0 aromatic carbocycles. The van der Waals surface area contributed by atoms with E-state index >= 15 is 0 Å². The minimum atomic E-state index is -3.26. The van der Waals surface area contributed by atoms with E-state index in [1.807, 2.05) is 0 Å². The molecule has 0 bridgehead atoms. The molecule has 1 aromatic rings. The van der Waals surface area contributed by atoms with Gasteiger partial charge in [-0.3, -0.25) is 4.98 Å². The maximum Gasteiger partial charge on any atom is 0.217 e. The van der Waals surface area contributed by atoms with E-state index in [-0.39, 0.29) is 5.25 Å². The number of nitrogens with zero attached hydrogens (tertiary/aromatic N) is 3. The first kappa shape index (κ1) is 21.2. The van der Waals surface area contributed by atoms with E-state index < -0.39 is 10.0 Å². The van der Waals surface area contributed by atoms with Crippen LogP contribution in [0.3, 0.4) is 0 Å². The van der Waals surface area contributed by atoms with E-state index in [1.54, 1.807) is 16.7 Å². The van der Waals surface area contributed by atoms with Gasteiger partial charge in [-0.2, -0.15) is 4.31 Å². The molecular formula is C19H29Cl2N3O2S. The Morgan fingerprint density at radius 3 is 2.22 bits per heavy atom. The van der Waals surface area contributed by atoms with Crippen LogP contribution < -0.4 is 4.90 Å². The van der Waals surface area contributed by atoms with E-state index in [4.69, 9.17) is 23.2 Å². The molecule has 1 aliphatic heterocycles. The first-order valence-corrected chi connectivity index (χ1v) is 12.1. The quantitative estimate of drug-likeness (QED) is 0.703. The van der Waals surface area contributed by atoms with Crippen molar-refractivity contribution in [3.63, 3.8) is 0 Å². The Morgan fingerprint density at radius 1 is 1.00 bits per heavy atom. The molecule has 2 heterocycles. The molecule has 8 heteroatoms. The zero-order chi connectivity index (χ0) is 19.6. The average Bonchev–Trinajstić information content (AvgIpc) is 2.88. The summed E-state index contributed by atoms with van der Waals surface area (Å²) in [6.07, 6.45) is 7.52. The molecule has 0 radical (unpaired) electrons. The van der Waals surface area contributed by atoms with Crippen molar-refractivity contribution in [2.45, 2.75) is 51.2 Å².